The number of rotatable bonds is 4. The van der Waals surface area contributed by atoms with E-state index in [-0.39, 0.29) is 13.0 Å². The van der Waals surface area contributed by atoms with E-state index < -0.39 is 17.9 Å². The number of aliphatic hydroxyl groups excluding tert-OH is 1. The Hall–Kier alpha value is -1.88. The van der Waals surface area contributed by atoms with Gasteiger partial charge in [0.1, 0.15) is 0 Å². The van der Waals surface area contributed by atoms with E-state index in [1.165, 1.54) is 12.5 Å². The topological polar surface area (TPSA) is 94.8 Å². The largest absolute Gasteiger partial charge is 0.481 e. The monoisotopic (exact) mass is 284 g/mol. The van der Waals surface area contributed by atoms with Crippen LogP contribution in [-0.2, 0) is 16.0 Å². The van der Waals surface area contributed by atoms with Gasteiger partial charge in [0.15, 0.2) is 0 Å². The number of carboxylic acids is 2. The number of benzene rings is 1. The minimum atomic E-state index is -1.08. The quantitative estimate of drug-likeness (QED) is 0.789. The maximum Gasteiger partial charge on any atom is 0.306 e. The van der Waals surface area contributed by atoms with Crippen LogP contribution in [0.5, 0.6) is 0 Å². The van der Waals surface area contributed by atoms with Crippen molar-refractivity contribution in [2.45, 2.75) is 33.6 Å². The molecule has 0 aliphatic carbocycles. The van der Waals surface area contributed by atoms with Gasteiger partial charge in [-0.15, -0.1) is 0 Å². The predicted octanol–water partition coefficient (Wildman–Crippen LogP) is 2.43. The Morgan fingerprint density at radius 2 is 1.55 bits per heavy atom. The van der Waals surface area contributed by atoms with Gasteiger partial charge in [-0.3, -0.25) is 9.59 Å². The second-order valence-electron chi connectivity index (χ2n) is 3.99. The molecule has 0 saturated heterocycles. The summed E-state index contributed by atoms with van der Waals surface area (Å²) in [7, 11) is 0. The van der Waals surface area contributed by atoms with E-state index in [4.69, 9.17) is 15.3 Å². The summed E-state index contributed by atoms with van der Waals surface area (Å²) in [6.07, 6.45) is 0.830. The average molecular weight is 284 g/mol. The molecule has 0 radical (unpaired) electrons. The Morgan fingerprint density at radius 3 is 1.75 bits per heavy atom. The minimum absolute atomic E-state index is 0.250. The van der Waals surface area contributed by atoms with Gasteiger partial charge in [-0.05, 0) is 18.9 Å². The Bertz CT molecular complexity index is 362. The zero-order chi connectivity index (χ0) is 16.0. The molecule has 0 fully saturated rings. The molecule has 1 aromatic carbocycles. The van der Waals surface area contributed by atoms with E-state index in [0.717, 1.165) is 6.42 Å². The van der Waals surface area contributed by atoms with Crippen molar-refractivity contribution in [3.63, 3.8) is 0 Å². The number of aliphatic carboxylic acids is 2. The first-order valence-electron chi connectivity index (χ1n) is 6.48. The van der Waals surface area contributed by atoms with E-state index in [1.807, 2.05) is 6.07 Å². The third-order valence-corrected chi connectivity index (χ3v) is 2.15. The molecular formula is C15H24O5. The third kappa shape index (κ3) is 14.2. The van der Waals surface area contributed by atoms with E-state index in [0.29, 0.717) is 0 Å². The summed E-state index contributed by atoms with van der Waals surface area (Å²) in [6, 6.07) is 10.5. The SMILES string of the molecule is CC(CC(=O)O)C(=O)O.CCO.CCc1ccccc1. The number of hydrogen-bond acceptors (Lipinski definition) is 3. The van der Waals surface area contributed by atoms with Gasteiger partial charge in [0.25, 0.3) is 0 Å². The molecule has 0 aliphatic heterocycles. The molecule has 1 aromatic rings. The highest BCUT2D eigenvalue weighted by atomic mass is 16.4. The van der Waals surface area contributed by atoms with Crippen molar-refractivity contribution in [2.75, 3.05) is 6.61 Å². The van der Waals surface area contributed by atoms with E-state index >= 15 is 0 Å². The Morgan fingerprint density at radius 1 is 1.10 bits per heavy atom. The van der Waals surface area contributed by atoms with Crippen molar-refractivity contribution in [3.8, 4) is 0 Å². The molecular weight excluding hydrogens is 260 g/mol. The van der Waals surface area contributed by atoms with Gasteiger partial charge in [-0.2, -0.15) is 0 Å². The molecule has 0 bridgehead atoms. The molecule has 1 unspecified atom stereocenters. The first-order valence-corrected chi connectivity index (χ1v) is 6.48. The molecule has 0 aliphatic rings. The Balaban J connectivity index is 0. The number of carboxylic acid groups (broad SMARTS) is 2. The Labute approximate surface area is 119 Å². The van der Waals surface area contributed by atoms with Crippen LogP contribution in [0.4, 0.5) is 0 Å². The molecule has 0 spiro atoms. The lowest BCUT2D eigenvalue weighted by molar-refractivity contribution is -0.147. The van der Waals surface area contributed by atoms with Gasteiger partial charge in [0, 0.05) is 6.61 Å². The summed E-state index contributed by atoms with van der Waals surface area (Å²) in [6.45, 7) is 5.45. The van der Waals surface area contributed by atoms with Crippen LogP contribution in [0.2, 0.25) is 0 Å². The van der Waals surface area contributed by atoms with Crippen LogP contribution in [0, 0.1) is 5.92 Å². The minimum Gasteiger partial charge on any atom is -0.481 e. The molecule has 0 heterocycles. The highest BCUT2D eigenvalue weighted by Gasteiger charge is 2.13. The van der Waals surface area contributed by atoms with Crippen LogP contribution in [0.25, 0.3) is 0 Å². The summed E-state index contributed by atoms with van der Waals surface area (Å²) in [5.41, 5.74) is 1.41. The van der Waals surface area contributed by atoms with Crippen molar-refractivity contribution in [3.05, 3.63) is 35.9 Å². The summed E-state index contributed by atoms with van der Waals surface area (Å²) in [5.74, 6) is -2.94. The van der Waals surface area contributed by atoms with E-state index in [9.17, 15) is 9.59 Å². The van der Waals surface area contributed by atoms with Gasteiger partial charge in [0.2, 0.25) is 0 Å². The molecule has 5 heteroatoms. The molecule has 0 saturated carbocycles. The van der Waals surface area contributed by atoms with Crippen LogP contribution in [0.3, 0.4) is 0 Å². The van der Waals surface area contributed by atoms with Crippen LogP contribution in [-0.4, -0.2) is 33.9 Å². The van der Waals surface area contributed by atoms with Crippen molar-refractivity contribution in [1.29, 1.82) is 0 Å². The Kier molecular flexibility index (Phi) is 13.8. The zero-order valence-corrected chi connectivity index (χ0v) is 12.2. The standard InChI is InChI=1S/C8H10.C5H8O4.C2H6O/c1-2-8-6-4-3-5-7-8;1-3(5(8)9)2-4(6)7;1-2-3/h3-7H,2H2,1H3;3H,2H2,1H3,(H,6,7)(H,8,9);3H,2H2,1H3. The van der Waals surface area contributed by atoms with Crippen molar-refractivity contribution < 1.29 is 24.9 Å². The van der Waals surface area contributed by atoms with Crippen LogP contribution < -0.4 is 0 Å². The third-order valence-electron chi connectivity index (χ3n) is 2.15. The fourth-order valence-electron chi connectivity index (χ4n) is 1.06. The van der Waals surface area contributed by atoms with Crippen LogP contribution in [0.15, 0.2) is 30.3 Å². The van der Waals surface area contributed by atoms with Crippen molar-refractivity contribution >= 4 is 11.9 Å². The van der Waals surface area contributed by atoms with Gasteiger partial charge in [-0.25, -0.2) is 0 Å². The zero-order valence-electron chi connectivity index (χ0n) is 12.2. The van der Waals surface area contributed by atoms with Gasteiger partial charge >= 0.3 is 11.9 Å². The lowest BCUT2D eigenvalue weighted by Gasteiger charge is -1.98. The van der Waals surface area contributed by atoms with E-state index in [1.54, 1.807) is 6.92 Å². The number of carbonyl (C=O) groups is 2. The van der Waals surface area contributed by atoms with Crippen molar-refractivity contribution in [1.82, 2.24) is 0 Å². The normalized spacial score (nSPS) is 10.2. The lowest BCUT2D eigenvalue weighted by Crippen LogP contribution is -2.13. The molecule has 114 valence electrons. The predicted molar refractivity (Wildman–Crippen MR) is 77.6 cm³/mol. The maximum absolute atomic E-state index is 9.97. The molecule has 0 amide bonds. The molecule has 0 aromatic heterocycles. The molecule has 3 N–H and O–H groups in total. The van der Waals surface area contributed by atoms with E-state index in [2.05, 4.69) is 31.2 Å². The number of aryl methyl sites for hydroxylation is 1. The molecule has 1 rings (SSSR count). The van der Waals surface area contributed by atoms with Crippen molar-refractivity contribution in [2.24, 2.45) is 5.92 Å². The summed E-state index contributed by atoms with van der Waals surface area (Å²) >= 11 is 0. The fourth-order valence-corrected chi connectivity index (χ4v) is 1.06. The highest BCUT2D eigenvalue weighted by Crippen LogP contribution is 1.99. The van der Waals surface area contributed by atoms with Gasteiger partial charge < -0.3 is 15.3 Å². The number of aliphatic hydroxyl groups is 1. The second kappa shape index (κ2) is 13.5. The first-order chi connectivity index (χ1) is 9.38. The van der Waals surface area contributed by atoms with Gasteiger partial charge in [0.05, 0.1) is 12.3 Å². The molecule has 5 nitrogen and oxygen atoms in total. The van der Waals surface area contributed by atoms with Gasteiger partial charge in [-0.1, -0.05) is 44.2 Å². The molecule has 1 atom stereocenters. The smallest absolute Gasteiger partial charge is 0.306 e. The highest BCUT2D eigenvalue weighted by molar-refractivity contribution is 5.77. The van der Waals surface area contributed by atoms with Crippen LogP contribution >= 0.6 is 0 Å². The summed E-state index contributed by atoms with van der Waals surface area (Å²) in [5, 5.41) is 23.8. The lowest BCUT2D eigenvalue weighted by atomic mass is 10.1. The summed E-state index contributed by atoms with van der Waals surface area (Å²) < 4.78 is 0. The second-order valence-corrected chi connectivity index (χ2v) is 3.99. The number of hydrogen-bond donors (Lipinski definition) is 3. The molecule has 20 heavy (non-hydrogen) atoms. The van der Waals surface area contributed by atoms with Crippen LogP contribution in [0.1, 0.15) is 32.8 Å². The fraction of sp³-hybridized carbons (Fsp3) is 0.467. The first kappa shape index (κ1) is 20.4. The summed E-state index contributed by atoms with van der Waals surface area (Å²) in [4.78, 5) is 19.8. The maximum atomic E-state index is 9.97. The average Bonchev–Trinajstić information content (AvgIpc) is 2.40.